The van der Waals surface area contributed by atoms with Crippen LogP contribution in [0.3, 0.4) is 0 Å². The van der Waals surface area contributed by atoms with Crippen molar-refractivity contribution in [2.45, 2.75) is 12.8 Å². The minimum absolute atomic E-state index is 0.0289. The van der Waals surface area contributed by atoms with Crippen molar-refractivity contribution in [1.29, 1.82) is 0 Å². The van der Waals surface area contributed by atoms with Crippen molar-refractivity contribution in [3.05, 3.63) is 72.6 Å². The second-order valence-corrected chi connectivity index (χ2v) is 7.87. The number of aromatic hydroxyl groups is 1. The van der Waals surface area contributed by atoms with Gasteiger partial charge in [-0.3, -0.25) is 9.59 Å². The van der Waals surface area contributed by atoms with Gasteiger partial charge in [0.25, 0.3) is 11.5 Å². The van der Waals surface area contributed by atoms with E-state index in [1.807, 2.05) is 22.9 Å². The van der Waals surface area contributed by atoms with E-state index in [4.69, 9.17) is 23.2 Å². The zero-order valence-corrected chi connectivity index (χ0v) is 17.4. The van der Waals surface area contributed by atoms with Crippen molar-refractivity contribution < 1.29 is 9.90 Å². The van der Waals surface area contributed by atoms with Crippen LogP contribution in [-0.4, -0.2) is 22.1 Å². The highest BCUT2D eigenvalue weighted by Gasteiger charge is 2.18. The van der Waals surface area contributed by atoms with E-state index in [-0.39, 0.29) is 5.56 Å². The minimum Gasteiger partial charge on any atom is -0.502 e. The number of halogens is 2. The molecule has 8 heteroatoms. The van der Waals surface area contributed by atoms with Gasteiger partial charge in [0.2, 0.25) is 0 Å². The Morgan fingerprint density at radius 1 is 1.21 bits per heavy atom. The van der Waals surface area contributed by atoms with Gasteiger partial charge in [0.1, 0.15) is 0 Å². The van der Waals surface area contributed by atoms with Crippen LogP contribution in [0.4, 0.5) is 0 Å². The SMILES string of the molecule is Cn1c(-c2ccsc2)cc(C(=O)NCCCc2ccc(Cl)c(Cl)c2)c(O)c1=O. The average molecular weight is 437 g/mol. The van der Waals surface area contributed by atoms with Crippen LogP contribution in [0.15, 0.2) is 45.9 Å². The lowest BCUT2D eigenvalue weighted by atomic mass is 10.1. The maximum Gasteiger partial charge on any atom is 0.293 e. The molecule has 3 aromatic rings. The summed E-state index contributed by atoms with van der Waals surface area (Å²) in [4.78, 5) is 24.8. The third kappa shape index (κ3) is 4.41. The summed E-state index contributed by atoms with van der Waals surface area (Å²) < 4.78 is 1.33. The Kier molecular flexibility index (Phi) is 6.44. The van der Waals surface area contributed by atoms with Crippen LogP contribution in [-0.2, 0) is 13.5 Å². The first-order valence-electron chi connectivity index (χ1n) is 8.56. The van der Waals surface area contributed by atoms with E-state index in [2.05, 4.69) is 5.32 Å². The summed E-state index contributed by atoms with van der Waals surface area (Å²) in [6.45, 7) is 0.390. The van der Waals surface area contributed by atoms with E-state index < -0.39 is 17.2 Å². The van der Waals surface area contributed by atoms with Gasteiger partial charge >= 0.3 is 0 Å². The number of aryl methyl sites for hydroxylation is 1. The van der Waals surface area contributed by atoms with E-state index in [1.54, 1.807) is 19.2 Å². The summed E-state index contributed by atoms with van der Waals surface area (Å²) in [7, 11) is 1.56. The first-order chi connectivity index (χ1) is 13.4. The van der Waals surface area contributed by atoms with E-state index in [0.717, 1.165) is 11.1 Å². The predicted octanol–water partition coefficient (Wildman–Crippen LogP) is 4.49. The largest absolute Gasteiger partial charge is 0.502 e. The summed E-state index contributed by atoms with van der Waals surface area (Å²) in [5.41, 5.74) is 1.77. The molecule has 5 nitrogen and oxygen atoms in total. The molecule has 2 N–H and O–H groups in total. The first-order valence-corrected chi connectivity index (χ1v) is 10.3. The van der Waals surface area contributed by atoms with E-state index >= 15 is 0 Å². The number of rotatable bonds is 6. The molecule has 1 amide bonds. The van der Waals surface area contributed by atoms with Gasteiger partial charge in [0.05, 0.1) is 21.3 Å². The Hall–Kier alpha value is -2.28. The molecule has 0 unspecified atom stereocenters. The Bertz CT molecular complexity index is 1060. The molecule has 0 aliphatic rings. The highest BCUT2D eigenvalue weighted by Crippen LogP contribution is 2.25. The lowest BCUT2D eigenvalue weighted by Crippen LogP contribution is -2.28. The number of pyridine rings is 1. The van der Waals surface area contributed by atoms with Gasteiger partial charge in [0.15, 0.2) is 5.75 Å². The predicted molar refractivity (Wildman–Crippen MR) is 114 cm³/mol. The van der Waals surface area contributed by atoms with Gasteiger partial charge in [0, 0.05) is 24.5 Å². The van der Waals surface area contributed by atoms with Crippen molar-refractivity contribution in [2.75, 3.05) is 6.54 Å². The quantitative estimate of drug-likeness (QED) is 0.559. The van der Waals surface area contributed by atoms with E-state index in [9.17, 15) is 14.7 Å². The first kappa shape index (κ1) is 20.5. The highest BCUT2D eigenvalue weighted by atomic mass is 35.5. The number of carbonyl (C=O) groups excluding carboxylic acids is 1. The molecule has 0 atom stereocenters. The number of thiophene rings is 1. The third-order valence-corrected chi connectivity index (χ3v) is 5.80. The average Bonchev–Trinajstić information content (AvgIpc) is 3.20. The Morgan fingerprint density at radius 3 is 2.68 bits per heavy atom. The topological polar surface area (TPSA) is 71.3 Å². The molecule has 0 saturated heterocycles. The Balaban J connectivity index is 1.68. The van der Waals surface area contributed by atoms with Gasteiger partial charge in [-0.2, -0.15) is 11.3 Å². The van der Waals surface area contributed by atoms with Gasteiger partial charge in [-0.15, -0.1) is 0 Å². The molecule has 3 rings (SSSR count). The monoisotopic (exact) mass is 436 g/mol. The van der Waals surface area contributed by atoms with Crippen LogP contribution in [0.2, 0.25) is 10.0 Å². The molecular weight excluding hydrogens is 419 g/mol. The van der Waals surface area contributed by atoms with Crippen molar-refractivity contribution in [3.8, 4) is 17.0 Å². The molecule has 2 heterocycles. The van der Waals surface area contributed by atoms with Crippen LogP contribution in [0.1, 0.15) is 22.3 Å². The van der Waals surface area contributed by atoms with Crippen LogP contribution < -0.4 is 10.9 Å². The number of carbonyl (C=O) groups is 1. The molecule has 0 aliphatic carbocycles. The van der Waals surface area contributed by atoms with Gasteiger partial charge in [-0.1, -0.05) is 29.3 Å². The summed E-state index contributed by atoms with van der Waals surface area (Å²) in [6, 6.07) is 8.81. The molecule has 146 valence electrons. The number of hydrogen-bond acceptors (Lipinski definition) is 4. The zero-order valence-electron chi connectivity index (χ0n) is 15.0. The fraction of sp³-hybridized carbons (Fsp3) is 0.200. The normalized spacial score (nSPS) is 10.8. The molecule has 0 fully saturated rings. The zero-order chi connectivity index (χ0) is 20.3. The highest BCUT2D eigenvalue weighted by molar-refractivity contribution is 7.08. The molecule has 0 bridgehead atoms. The molecule has 28 heavy (non-hydrogen) atoms. The number of benzene rings is 1. The molecule has 0 spiro atoms. The van der Waals surface area contributed by atoms with Gasteiger partial charge < -0.3 is 15.0 Å². The number of amides is 1. The summed E-state index contributed by atoms with van der Waals surface area (Å²) >= 11 is 13.4. The number of aromatic nitrogens is 1. The lowest BCUT2D eigenvalue weighted by molar-refractivity contribution is 0.0950. The summed E-state index contributed by atoms with van der Waals surface area (Å²) in [5.74, 6) is -1.04. The molecular formula is C20H18Cl2N2O3S. The number of nitrogens with zero attached hydrogens (tertiary/aromatic N) is 1. The summed E-state index contributed by atoms with van der Waals surface area (Å²) in [5, 5.41) is 17.7. The maximum absolute atomic E-state index is 12.5. The molecule has 0 radical (unpaired) electrons. The van der Waals surface area contributed by atoms with Gasteiger partial charge in [-0.05, 0) is 48.1 Å². The smallest absolute Gasteiger partial charge is 0.293 e. The van der Waals surface area contributed by atoms with Crippen LogP contribution >= 0.6 is 34.5 Å². The maximum atomic E-state index is 12.5. The third-order valence-electron chi connectivity index (χ3n) is 4.38. The van der Waals surface area contributed by atoms with Crippen molar-refractivity contribution in [1.82, 2.24) is 9.88 Å². The van der Waals surface area contributed by atoms with Crippen LogP contribution in [0.5, 0.6) is 5.75 Å². The lowest BCUT2D eigenvalue weighted by Gasteiger charge is -2.12. The van der Waals surface area contributed by atoms with E-state index in [0.29, 0.717) is 35.1 Å². The van der Waals surface area contributed by atoms with Crippen molar-refractivity contribution >= 4 is 40.4 Å². The fourth-order valence-corrected chi connectivity index (χ4v) is 3.80. The minimum atomic E-state index is -0.607. The number of hydrogen-bond donors (Lipinski definition) is 2. The molecule has 2 aromatic heterocycles. The summed E-state index contributed by atoms with van der Waals surface area (Å²) in [6.07, 6.45) is 1.38. The molecule has 0 saturated carbocycles. The Morgan fingerprint density at radius 2 is 2.00 bits per heavy atom. The van der Waals surface area contributed by atoms with Crippen molar-refractivity contribution in [2.24, 2.45) is 7.05 Å². The number of nitrogens with one attached hydrogen (secondary N) is 1. The fourth-order valence-electron chi connectivity index (χ4n) is 2.83. The Labute approximate surface area is 176 Å². The standard InChI is InChI=1S/C20H18Cl2N2O3S/c1-24-17(13-6-8-28-11-13)10-14(18(25)20(24)27)19(26)23-7-2-3-12-4-5-15(21)16(22)9-12/h4-6,8-11,25H,2-3,7H2,1H3,(H,23,26). The van der Waals surface area contributed by atoms with E-state index in [1.165, 1.54) is 22.0 Å². The van der Waals surface area contributed by atoms with Crippen LogP contribution in [0.25, 0.3) is 11.3 Å². The molecule has 0 aliphatic heterocycles. The second kappa shape index (κ2) is 8.82. The van der Waals surface area contributed by atoms with Gasteiger partial charge in [-0.25, -0.2) is 0 Å². The van der Waals surface area contributed by atoms with Crippen molar-refractivity contribution in [3.63, 3.8) is 0 Å². The second-order valence-electron chi connectivity index (χ2n) is 6.28. The van der Waals surface area contributed by atoms with Crippen LogP contribution in [0, 0.1) is 0 Å². The molecule has 1 aromatic carbocycles.